The van der Waals surface area contributed by atoms with Crippen LogP contribution in [-0.4, -0.2) is 13.1 Å². The lowest BCUT2D eigenvalue weighted by Crippen LogP contribution is -2.19. The van der Waals surface area contributed by atoms with Crippen molar-refractivity contribution in [1.82, 2.24) is 5.32 Å². The van der Waals surface area contributed by atoms with Crippen LogP contribution in [0.4, 0.5) is 0 Å². The summed E-state index contributed by atoms with van der Waals surface area (Å²) >= 11 is 0. The van der Waals surface area contributed by atoms with Gasteiger partial charge in [0, 0.05) is 7.97 Å². The first kappa shape index (κ1) is 14.5. The summed E-state index contributed by atoms with van der Waals surface area (Å²) in [7, 11) is 0. The molecule has 1 aliphatic heterocycles. The van der Waals surface area contributed by atoms with Crippen LogP contribution < -0.4 is 5.32 Å². The van der Waals surface area contributed by atoms with Gasteiger partial charge in [-0.3, -0.25) is 0 Å². The van der Waals surface area contributed by atoms with E-state index >= 15 is 0 Å². The summed E-state index contributed by atoms with van der Waals surface area (Å²) in [6, 6.07) is 19.4. The molecular weight excluding hydrogens is 242 g/mol. The van der Waals surface area contributed by atoms with Crippen molar-refractivity contribution in [2.45, 2.75) is 20.3 Å². The van der Waals surface area contributed by atoms with E-state index in [1.807, 2.05) is 13.8 Å². The molecule has 3 rings (SSSR count). The average Bonchev–Trinajstić information content (AvgIpc) is 2.58. The quantitative estimate of drug-likeness (QED) is 0.807. The lowest BCUT2D eigenvalue weighted by atomic mass is 9.96. The molecule has 2 aromatic carbocycles. The lowest BCUT2D eigenvalue weighted by Gasteiger charge is -2.15. The van der Waals surface area contributed by atoms with E-state index in [9.17, 15) is 0 Å². The fourth-order valence-corrected chi connectivity index (χ4v) is 2.41. The molecule has 2 aromatic rings. The van der Waals surface area contributed by atoms with Gasteiger partial charge in [-0.15, -0.1) is 0 Å². The molecule has 106 valence electrons. The summed E-state index contributed by atoms with van der Waals surface area (Å²) in [5, 5.41) is 3.35. The van der Waals surface area contributed by atoms with Crippen molar-refractivity contribution in [2.75, 3.05) is 13.1 Å². The van der Waals surface area contributed by atoms with Crippen molar-refractivity contribution in [3.63, 3.8) is 0 Å². The zero-order valence-corrected chi connectivity index (χ0v) is 12.4. The van der Waals surface area contributed by atoms with Gasteiger partial charge >= 0.3 is 0 Å². The van der Waals surface area contributed by atoms with E-state index in [0.717, 1.165) is 19.5 Å². The number of hydrogen-bond acceptors (Lipinski definition) is 1. The van der Waals surface area contributed by atoms with Gasteiger partial charge in [0.05, 0.1) is 0 Å². The van der Waals surface area contributed by atoms with E-state index in [0.29, 0.717) is 0 Å². The van der Waals surface area contributed by atoms with Gasteiger partial charge < -0.3 is 5.32 Å². The Kier molecular flexibility index (Phi) is 5.57. The fraction of sp³-hybridized carbons (Fsp3) is 0.263. The van der Waals surface area contributed by atoms with Crippen molar-refractivity contribution in [3.8, 4) is 11.1 Å². The fourth-order valence-electron chi connectivity index (χ4n) is 2.41. The van der Waals surface area contributed by atoms with Crippen molar-refractivity contribution in [3.05, 3.63) is 66.2 Å². The third-order valence-corrected chi connectivity index (χ3v) is 3.40. The maximum atomic E-state index is 3.35. The highest BCUT2D eigenvalue weighted by atomic mass is 14.8. The Morgan fingerprint density at radius 2 is 1.55 bits per heavy atom. The van der Waals surface area contributed by atoms with E-state index in [4.69, 9.17) is 0 Å². The molecule has 0 aliphatic carbocycles. The minimum absolute atomic E-state index is 0. The van der Waals surface area contributed by atoms with E-state index in [2.05, 4.69) is 66.0 Å². The Bertz CT molecular complexity index is 561. The Labute approximate surface area is 123 Å². The van der Waals surface area contributed by atoms with E-state index in [1.54, 1.807) is 0 Å². The lowest BCUT2D eigenvalue weighted by molar-refractivity contribution is 0.738. The van der Waals surface area contributed by atoms with Crippen molar-refractivity contribution in [2.24, 2.45) is 0 Å². The van der Waals surface area contributed by atoms with Crippen LogP contribution in [0.2, 0.25) is 0 Å². The van der Waals surface area contributed by atoms with Crippen LogP contribution in [0.5, 0.6) is 0 Å². The highest BCUT2D eigenvalue weighted by Crippen LogP contribution is 2.25. The minimum atomic E-state index is 0. The summed E-state index contributed by atoms with van der Waals surface area (Å²) in [4.78, 5) is 0. The Hall–Kier alpha value is -1.86. The molecule has 20 heavy (non-hydrogen) atoms. The molecule has 1 nitrogen and oxygen atoms in total. The first-order chi connectivity index (χ1) is 9.93. The molecule has 0 saturated carbocycles. The van der Waals surface area contributed by atoms with Gasteiger partial charge in [0.25, 0.3) is 0 Å². The smallest absolute Gasteiger partial charge is 0.0140 e. The number of nitrogens with one attached hydrogen (secondary N) is 1. The molecule has 1 heteroatoms. The van der Waals surface area contributed by atoms with Crippen molar-refractivity contribution >= 4 is 5.57 Å². The standard InChI is InChI=1S/C17H17N.C2H6.H2/c1-2-5-14(6-3-1)16-7-4-8-17(13-16)15-9-11-18-12-10-15;1-2;/h1-9,13,18H,10-12H2;1-2H3;1H. The summed E-state index contributed by atoms with van der Waals surface area (Å²) < 4.78 is 0. The Morgan fingerprint density at radius 3 is 2.25 bits per heavy atom. The minimum Gasteiger partial charge on any atom is -0.313 e. The second kappa shape index (κ2) is 7.66. The van der Waals surface area contributed by atoms with E-state index in [-0.39, 0.29) is 1.43 Å². The number of benzene rings is 2. The first-order valence-corrected chi connectivity index (χ1v) is 7.49. The maximum Gasteiger partial charge on any atom is 0.0140 e. The maximum absolute atomic E-state index is 3.35. The molecule has 1 aliphatic rings. The second-order valence-electron chi connectivity index (χ2n) is 4.63. The van der Waals surface area contributed by atoms with Gasteiger partial charge in [0.15, 0.2) is 0 Å². The molecule has 0 unspecified atom stereocenters. The third kappa shape index (κ3) is 3.58. The molecule has 0 aromatic heterocycles. The highest BCUT2D eigenvalue weighted by Gasteiger charge is 2.06. The van der Waals surface area contributed by atoms with Crippen LogP contribution >= 0.6 is 0 Å². The van der Waals surface area contributed by atoms with E-state index < -0.39 is 0 Å². The predicted molar refractivity (Wildman–Crippen MR) is 90.8 cm³/mol. The molecule has 1 heterocycles. The van der Waals surface area contributed by atoms with Crippen LogP contribution in [-0.2, 0) is 0 Å². The van der Waals surface area contributed by atoms with Crippen LogP contribution in [0, 0.1) is 0 Å². The largest absolute Gasteiger partial charge is 0.313 e. The number of hydrogen-bond donors (Lipinski definition) is 1. The predicted octanol–water partition coefficient (Wildman–Crippen LogP) is 5.00. The molecular formula is C19H25N. The molecule has 0 fully saturated rings. The molecule has 0 amide bonds. The molecule has 0 radical (unpaired) electrons. The molecule has 0 bridgehead atoms. The zero-order chi connectivity index (χ0) is 14.2. The highest BCUT2D eigenvalue weighted by molar-refractivity contribution is 5.73. The summed E-state index contributed by atoms with van der Waals surface area (Å²) in [6.45, 7) is 6.08. The van der Waals surface area contributed by atoms with Crippen LogP contribution in [0.15, 0.2) is 60.7 Å². The van der Waals surface area contributed by atoms with Gasteiger partial charge in [-0.25, -0.2) is 0 Å². The normalized spacial score (nSPS) is 14.0. The Balaban J connectivity index is 0.000000706. The van der Waals surface area contributed by atoms with Gasteiger partial charge in [0.2, 0.25) is 0 Å². The average molecular weight is 267 g/mol. The van der Waals surface area contributed by atoms with Crippen LogP contribution in [0.1, 0.15) is 27.3 Å². The zero-order valence-electron chi connectivity index (χ0n) is 12.4. The SMILES string of the molecule is C1=C(c2cccc(-c3ccccc3)c2)CCNC1.CC.[HH]. The second-order valence-corrected chi connectivity index (χ2v) is 4.63. The topological polar surface area (TPSA) is 12.0 Å². The molecule has 0 saturated heterocycles. The first-order valence-electron chi connectivity index (χ1n) is 7.49. The van der Waals surface area contributed by atoms with Gasteiger partial charge in [-0.1, -0.05) is 68.5 Å². The van der Waals surface area contributed by atoms with E-state index in [1.165, 1.54) is 22.3 Å². The van der Waals surface area contributed by atoms with Crippen LogP contribution in [0.25, 0.3) is 16.7 Å². The summed E-state index contributed by atoms with van der Waals surface area (Å²) in [6.07, 6.45) is 3.42. The molecule has 0 atom stereocenters. The van der Waals surface area contributed by atoms with Crippen molar-refractivity contribution in [1.29, 1.82) is 0 Å². The number of rotatable bonds is 2. The van der Waals surface area contributed by atoms with Crippen molar-refractivity contribution < 1.29 is 1.43 Å². The summed E-state index contributed by atoms with van der Waals surface area (Å²) in [5.41, 5.74) is 5.41. The van der Waals surface area contributed by atoms with Gasteiger partial charge in [-0.05, 0) is 41.3 Å². The Morgan fingerprint density at radius 1 is 0.850 bits per heavy atom. The monoisotopic (exact) mass is 267 g/mol. The third-order valence-electron chi connectivity index (χ3n) is 3.40. The van der Waals surface area contributed by atoms with Crippen LogP contribution in [0.3, 0.4) is 0 Å². The molecule has 0 spiro atoms. The molecule has 1 N–H and O–H groups in total. The van der Waals surface area contributed by atoms with Gasteiger partial charge in [0.1, 0.15) is 0 Å². The van der Waals surface area contributed by atoms with Gasteiger partial charge in [-0.2, -0.15) is 0 Å². The summed E-state index contributed by atoms with van der Waals surface area (Å²) in [5.74, 6) is 0.